The van der Waals surface area contributed by atoms with Gasteiger partial charge in [-0.3, -0.25) is 0 Å². The summed E-state index contributed by atoms with van der Waals surface area (Å²) >= 11 is 0.0695. The first-order valence-corrected chi connectivity index (χ1v) is 7.69. The molecule has 1 aromatic rings. The number of ether oxygens (including phenoxy) is 4. The Hall–Kier alpha value is -0.890. The van der Waals surface area contributed by atoms with Crippen molar-refractivity contribution in [1.82, 2.24) is 4.98 Å². The Morgan fingerprint density at radius 3 is 2.24 bits per heavy atom. The molecule has 0 saturated carbocycles. The van der Waals surface area contributed by atoms with Crippen LogP contribution in [0.3, 0.4) is 0 Å². The second kappa shape index (κ2) is 12.8. The zero-order valence-corrected chi connectivity index (χ0v) is 13.1. The van der Waals surface area contributed by atoms with Crippen molar-refractivity contribution >= 4 is 12.1 Å². The molecule has 0 aliphatic carbocycles. The van der Waals surface area contributed by atoms with Crippen molar-refractivity contribution in [2.45, 2.75) is 18.4 Å². The van der Waals surface area contributed by atoms with Gasteiger partial charge in [0.25, 0.3) is 0 Å². The fourth-order valence-electron chi connectivity index (χ4n) is 1.44. The van der Waals surface area contributed by atoms with Gasteiger partial charge >= 0.3 is 0 Å². The average molecular weight is 319 g/mol. The topological polar surface area (TPSA) is 49.8 Å². The molecule has 1 aromatic heterocycles. The van der Waals surface area contributed by atoms with Crippen LogP contribution in [0.2, 0.25) is 0 Å². The molecule has 0 fully saturated rings. The molecule has 0 atom stereocenters. The van der Waals surface area contributed by atoms with E-state index in [0.29, 0.717) is 45.4 Å². The van der Waals surface area contributed by atoms with Crippen molar-refractivity contribution in [1.29, 1.82) is 0 Å². The molecule has 0 saturated heterocycles. The van der Waals surface area contributed by atoms with Crippen LogP contribution in [0.25, 0.3) is 0 Å². The lowest BCUT2D eigenvalue weighted by Gasteiger charge is -2.09. The highest BCUT2D eigenvalue weighted by atomic mass is 32.2. The van der Waals surface area contributed by atoms with Gasteiger partial charge in [-0.15, -0.1) is 0 Å². The Bertz CT molecular complexity index is 371. The number of hydrogen-bond donors (Lipinski definition) is 0. The van der Waals surface area contributed by atoms with Gasteiger partial charge in [0.15, 0.2) is 10.8 Å². The highest BCUT2D eigenvalue weighted by Crippen LogP contribution is 2.26. The number of aromatic nitrogens is 1. The molecule has 21 heavy (non-hydrogen) atoms. The lowest BCUT2D eigenvalue weighted by Crippen LogP contribution is -2.13. The minimum atomic E-state index is 0.0695. The van der Waals surface area contributed by atoms with Gasteiger partial charge in [0, 0.05) is 12.8 Å². The van der Waals surface area contributed by atoms with Crippen LogP contribution in [0.1, 0.15) is 13.3 Å². The standard InChI is InChI=1S/C14H22FNO4S/c1-2-6-17-7-8-18-9-10-19-11-12-20-13-4-3-5-16-14(13)21-15/h3-5H,2,6-12H2,1H3. The largest absolute Gasteiger partial charge is 0.488 e. The van der Waals surface area contributed by atoms with Crippen LogP contribution in [-0.2, 0) is 14.2 Å². The molecular formula is C14H22FNO4S. The third-order valence-corrected chi connectivity index (χ3v) is 2.84. The first kappa shape index (κ1) is 18.2. The van der Waals surface area contributed by atoms with Crippen molar-refractivity contribution in [3.8, 4) is 5.75 Å². The zero-order chi connectivity index (χ0) is 15.2. The zero-order valence-electron chi connectivity index (χ0n) is 12.3. The molecule has 0 aliphatic heterocycles. The minimum Gasteiger partial charge on any atom is -0.488 e. The predicted octanol–water partition coefficient (Wildman–Crippen LogP) is 2.90. The van der Waals surface area contributed by atoms with Gasteiger partial charge in [-0.05, 0) is 18.6 Å². The first-order valence-electron chi connectivity index (χ1n) is 6.98. The van der Waals surface area contributed by atoms with E-state index in [1.807, 2.05) is 0 Å². The van der Waals surface area contributed by atoms with Crippen LogP contribution in [0.5, 0.6) is 5.75 Å². The molecule has 0 N–H and O–H groups in total. The number of halogens is 1. The van der Waals surface area contributed by atoms with Gasteiger partial charge in [-0.2, -0.15) is 3.89 Å². The summed E-state index contributed by atoms with van der Waals surface area (Å²) in [7, 11) is 0. The van der Waals surface area contributed by atoms with E-state index in [1.165, 1.54) is 6.20 Å². The third-order valence-electron chi connectivity index (χ3n) is 2.39. The molecule has 5 nitrogen and oxygen atoms in total. The van der Waals surface area contributed by atoms with E-state index in [4.69, 9.17) is 18.9 Å². The predicted molar refractivity (Wildman–Crippen MR) is 79.4 cm³/mol. The fourth-order valence-corrected chi connectivity index (χ4v) is 1.74. The SMILES string of the molecule is CCCOCCOCCOCCOc1cccnc1SF. The van der Waals surface area contributed by atoms with Gasteiger partial charge in [0.2, 0.25) is 0 Å². The highest BCUT2D eigenvalue weighted by molar-refractivity contribution is 7.94. The quantitative estimate of drug-likeness (QED) is 0.521. The third kappa shape index (κ3) is 8.87. The summed E-state index contributed by atoms with van der Waals surface area (Å²) in [5.41, 5.74) is 0. The Balaban J connectivity index is 1.93. The maximum atomic E-state index is 12.5. The molecule has 0 aliphatic rings. The molecule has 120 valence electrons. The fraction of sp³-hybridized carbons (Fsp3) is 0.643. The van der Waals surface area contributed by atoms with Crippen molar-refractivity contribution in [3.63, 3.8) is 0 Å². The van der Waals surface area contributed by atoms with Crippen molar-refractivity contribution in [3.05, 3.63) is 18.3 Å². The van der Waals surface area contributed by atoms with Crippen molar-refractivity contribution in [2.75, 3.05) is 46.2 Å². The average Bonchev–Trinajstić information content (AvgIpc) is 2.53. The van der Waals surface area contributed by atoms with Crippen LogP contribution < -0.4 is 4.74 Å². The van der Waals surface area contributed by atoms with Crippen LogP contribution >= 0.6 is 12.1 Å². The lowest BCUT2D eigenvalue weighted by atomic mass is 10.5. The number of rotatable bonds is 13. The molecule has 0 radical (unpaired) electrons. The second-order valence-corrected chi connectivity index (χ2v) is 4.61. The normalized spacial score (nSPS) is 10.8. The van der Waals surface area contributed by atoms with E-state index in [2.05, 4.69) is 11.9 Å². The Morgan fingerprint density at radius 2 is 1.62 bits per heavy atom. The summed E-state index contributed by atoms with van der Waals surface area (Å²) in [5, 5.41) is 0.230. The molecule has 7 heteroatoms. The molecular weight excluding hydrogens is 297 g/mol. The van der Waals surface area contributed by atoms with E-state index in [1.54, 1.807) is 12.1 Å². The van der Waals surface area contributed by atoms with E-state index in [-0.39, 0.29) is 17.2 Å². The monoisotopic (exact) mass is 319 g/mol. The molecule has 0 amide bonds. The van der Waals surface area contributed by atoms with E-state index in [0.717, 1.165) is 13.0 Å². The summed E-state index contributed by atoms with van der Waals surface area (Å²) in [6, 6.07) is 3.37. The van der Waals surface area contributed by atoms with Crippen LogP contribution in [0.15, 0.2) is 23.4 Å². The van der Waals surface area contributed by atoms with Crippen LogP contribution in [0.4, 0.5) is 3.89 Å². The Morgan fingerprint density at radius 1 is 1.00 bits per heavy atom. The first-order chi connectivity index (χ1) is 10.4. The Kier molecular flexibility index (Phi) is 11.1. The van der Waals surface area contributed by atoms with Crippen molar-refractivity contribution < 1.29 is 22.8 Å². The maximum Gasteiger partial charge on any atom is 0.171 e. The maximum absolute atomic E-state index is 12.5. The molecule has 0 spiro atoms. The minimum absolute atomic E-state index is 0.0695. The number of hydrogen-bond acceptors (Lipinski definition) is 6. The molecule has 1 heterocycles. The molecule has 0 unspecified atom stereocenters. The summed E-state index contributed by atoms with van der Waals surface area (Å²) in [5.74, 6) is 0.429. The number of nitrogens with zero attached hydrogens (tertiary/aromatic N) is 1. The summed E-state index contributed by atoms with van der Waals surface area (Å²) in [6.45, 7) is 5.80. The second-order valence-electron chi connectivity index (χ2n) is 4.07. The molecule has 0 bridgehead atoms. The van der Waals surface area contributed by atoms with E-state index in [9.17, 15) is 3.89 Å². The van der Waals surface area contributed by atoms with Crippen LogP contribution in [0, 0.1) is 0 Å². The molecule has 0 aromatic carbocycles. The van der Waals surface area contributed by atoms with Gasteiger partial charge < -0.3 is 18.9 Å². The summed E-state index contributed by atoms with van der Waals surface area (Å²) in [4.78, 5) is 3.86. The van der Waals surface area contributed by atoms with Gasteiger partial charge in [-0.25, -0.2) is 4.98 Å². The van der Waals surface area contributed by atoms with Gasteiger partial charge in [0.1, 0.15) is 18.8 Å². The number of pyridine rings is 1. The lowest BCUT2D eigenvalue weighted by molar-refractivity contribution is 0.00927. The van der Waals surface area contributed by atoms with Gasteiger partial charge in [0.05, 0.1) is 33.0 Å². The highest BCUT2D eigenvalue weighted by Gasteiger charge is 2.04. The van der Waals surface area contributed by atoms with E-state index < -0.39 is 0 Å². The smallest absolute Gasteiger partial charge is 0.171 e. The Labute approximate surface area is 129 Å². The van der Waals surface area contributed by atoms with Gasteiger partial charge in [-0.1, -0.05) is 6.92 Å². The van der Waals surface area contributed by atoms with Crippen LogP contribution in [-0.4, -0.2) is 51.2 Å². The summed E-state index contributed by atoms with van der Waals surface area (Å²) < 4.78 is 33.9. The summed E-state index contributed by atoms with van der Waals surface area (Å²) in [6.07, 6.45) is 2.54. The van der Waals surface area contributed by atoms with E-state index >= 15 is 0 Å². The van der Waals surface area contributed by atoms with Crippen molar-refractivity contribution in [2.24, 2.45) is 0 Å². The molecule has 1 rings (SSSR count).